The molecular weight excluding hydrogens is 251 g/mol. The lowest BCUT2D eigenvalue weighted by atomic mass is 10.1. The van der Waals surface area contributed by atoms with Gasteiger partial charge in [-0.05, 0) is 43.2 Å². The van der Waals surface area contributed by atoms with Gasteiger partial charge in [0.05, 0.1) is 0 Å². The van der Waals surface area contributed by atoms with Crippen molar-refractivity contribution in [2.45, 2.75) is 33.0 Å². The van der Waals surface area contributed by atoms with Gasteiger partial charge in [-0.2, -0.15) is 0 Å². The average Bonchev–Trinajstić information content (AvgIpc) is 2.43. The summed E-state index contributed by atoms with van der Waals surface area (Å²) in [7, 11) is 0. The molecular formula is C17H21FN2. The highest BCUT2D eigenvalue weighted by Gasteiger charge is 2.13. The average molecular weight is 272 g/mol. The van der Waals surface area contributed by atoms with E-state index < -0.39 is 0 Å². The largest absolute Gasteiger partial charge is 0.398 e. The fourth-order valence-corrected chi connectivity index (χ4v) is 2.17. The van der Waals surface area contributed by atoms with Gasteiger partial charge in [-0.3, -0.25) is 4.90 Å². The molecule has 3 heteroatoms. The molecule has 2 N–H and O–H groups in total. The van der Waals surface area contributed by atoms with Crippen molar-refractivity contribution in [3.05, 3.63) is 65.5 Å². The summed E-state index contributed by atoms with van der Waals surface area (Å²) in [6.45, 7) is 5.75. The molecule has 2 nitrogen and oxygen atoms in total. The molecule has 0 heterocycles. The minimum atomic E-state index is -0.238. The van der Waals surface area contributed by atoms with Crippen LogP contribution in [0.25, 0.3) is 0 Å². The zero-order chi connectivity index (χ0) is 14.5. The van der Waals surface area contributed by atoms with Gasteiger partial charge in [-0.15, -0.1) is 0 Å². The van der Waals surface area contributed by atoms with E-state index in [0.29, 0.717) is 18.3 Å². The number of nitrogens with two attached hydrogens (primary N) is 1. The molecule has 2 aromatic carbocycles. The fraction of sp³-hybridized carbons (Fsp3) is 0.294. The third kappa shape index (κ3) is 3.81. The Labute approximate surface area is 120 Å². The summed E-state index contributed by atoms with van der Waals surface area (Å²) >= 11 is 0. The summed E-state index contributed by atoms with van der Waals surface area (Å²) < 4.78 is 13.4. The molecule has 0 aliphatic rings. The van der Waals surface area contributed by atoms with Crippen LogP contribution in [-0.4, -0.2) is 10.9 Å². The Hall–Kier alpha value is -1.87. The Kier molecular flexibility index (Phi) is 4.74. The highest BCUT2D eigenvalue weighted by atomic mass is 19.1. The van der Waals surface area contributed by atoms with Crippen LogP contribution in [0.4, 0.5) is 10.1 Å². The van der Waals surface area contributed by atoms with Gasteiger partial charge in [0.15, 0.2) is 0 Å². The van der Waals surface area contributed by atoms with Crippen LogP contribution in [-0.2, 0) is 13.1 Å². The number of nitrogen functional groups attached to an aromatic ring is 1. The Morgan fingerprint density at radius 3 is 2.40 bits per heavy atom. The summed E-state index contributed by atoms with van der Waals surface area (Å²) in [5.41, 5.74) is 8.67. The van der Waals surface area contributed by atoms with E-state index in [1.165, 1.54) is 17.7 Å². The number of benzene rings is 2. The van der Waals surface area contributed by atoms with Crippen LogP contribution in [0.15, 0.2) is 48.5 Å². The maximum absolute atomic E-state index is 13.4. The first-order valence-electron chi connectivity index (χ1n) is 6.88. The molecule has 0 saturated heterocycles. The predicted octanol–water partition coefficient (Wildman–Crippen LogP) is 3.82. The molecule has 0 aliphatic carbocycles. The fourth-order valence-electron chi connectivity index (χ4n) is 2.17. The molecule has 2 aromatic rings. The normalized spacial score (nSPS) is 11.2. The van der Waals surface area contributed by atoms with Crippen LogP contribution >= 0.6 is 0 Å². The highest BCUT2D eigenvalue weighted by Crippen LogP contribution is 2.19. The molecule has 2 rings (SSSR count). The Bertz CT molecular complexity index is 552. The van der Waals surface area contributed by atoms with E-state index in [0.717, 1.165) is 12.1 Å². The minimum absolute atomic E-state index is 0.238. The van der Waals surface area contributed by atoms with Crippen molar-refractivity contribution in [1.82, 2.24) is 4.90 Å². The van der Waals surface area contributed by atoms with Crippen LogP contribution in [0.1, 0.15) is 25.0 Å². The van der Waals surface area contributed by atoms with Crippen molar-refractivity contribution in [2.24, 2.45) is 0 Å². The summed E-state index contributed by atoms with van der Waals surface area (Å²) in [4.78, 5) is 2.28. The lowest BCUT2D eigenvalue weighted by Gasteiger charge is -2.27. The number of halogens is 1. The van der Waals surface area contributed by atoms with Gasteiger partial charge in [0.1, 0.15) is 5.82 Å². The van der Waals surface area contributed by atoms with Crippen molar-refractivity contribution in [3.63, 3.8) is 0 Å². The van der Waals surface area contributed by atoms with Gasteiger partial charge >= 0.3 is 0 Å². The molecule has 0 saturated carbocycles. The van der Waals surface area contributed by atoms with Crippen molar-refractivity contribution < 1.29 is 4.39 Å². The molecule has 0 amide bonds. The quantitative estimate of drug-likeness (QED) is 0.838. The first-order valence-corrected chi connectivity index (χ1v) is 6.88. The topological polar surface area (TPSA) is 29.3 Å². The molecule has 0 fully saturated rings. The van der Waals surface area contributed by atoms with Crippen LogP contribution in [0.2, 0.25) is 0 Å². The third-order valence-corrected chi connectivity index (χ3v) is 3.44. The lowest BCUT2D eigenvalue weighted by molar-refractivity contribution is 0.204. The van der Waals surface area contributed by atoms with Crippen LogP contribution < -0.4 is 5.73 Å². The number of rotatable bonds is 5. The van der Waals surface area contributed by atoms with Gasteiger partial charge in [0.25, 0.3) is 0 Å². The first-order chi connectivity index (χ1) is 9.56. The number of hydrogen-bond donors (Lipinski definition) is 1. The van der Waals surface area contributed by atoms with E-state index in [1.807, 2.05) is 18.2 Å². The molecule has 0 aromatic heterocycles. The van der Waals surface area contributed by atoms with E-state index in [4.69, 9.17) is 5.73 Å². The maximum atomic E-state index is 13.4. The number of hydrogen-bond acceptors (Lipinski definition) is 2. The number of anilines is 1. The van der Waals surface area contributed by atoms with Crippen molar-refractivity contribution in [1.29, 1.82) is 0 Å². The van der Waals surface area contributed by atoms with E-state index in [1.54, 1.807) is 6.07 Å². The maximum Gasteiger partial charge on any atom is 0.123 e. The molecule has 0 atom stereocenters. The number of nitrogens with zero attached hydrogens (tertiary/aromatic N) is 1. The first kappa shape index (κ1) is 14.5. The molecule has 106 valence electrons. The summed E-state index contributed by atoms with van der Waals surface area (Å²) in [5.74, 6) is -0.238. The minimum Gasteiger partial charge on any atom is -0.398 e. The molecule has 0 radical (unpaired) electrons. The van der Waals surface area contributed by atoms with Crippen molar-refractivity contribution in [2.75, 3.05) is 5.73 Å². The van der Waals surface area contributed by atoms with Gasteiger partial charge in [0, 0.05) is 24.8 Å². The zero-order valence-electron chi connectivity index (χ0n) is 12.0. The van der Waals surface area contributed by atoms with E-state index in [-0.39, 0.29) is 5.82 Å². The van der Waals surface area contributed by atoms with Crippen molar-refractivity contribution in [3.8, 4) is 0 Å². The van der Waals surface area contributed by atoms with E-state index in [9.17, 15) is 4.39 Å². The molecule has 0 bridgehead atoms. The Morgan fingerprint density at radius 2 is 1.75 bits per heavy atom. The smallest absolute Gasteiger partial charge is 0.123 e. The third-order valence-electron chi connectivity index (χ3n) is 3.44. The zero-order valence-corrected chi connectivity index (χ0v) is 12.0. The molecule has 0 unspecified atom stereocenters. The van der Waals surface area contributed by atoms with E-state index in [2.05, 4.69) is 30.9 Å². The molecule has 20 heavy (non-hydrogen) atoms. The Morgan fingerprint density at radius 1 is 1.05 bits per heavy atom. The highest BCUT2D eigenvalue weighted by molar-refractivity contribution is 5.46. The van der Waals surface area contributed by atoms with E-state index >= 15 is 0 Å². The molecule has 0 aliphatic heterocycles. The second kappa shape index (κ2) is 6.53. The lowest BCUT2D eigenvalue weighted by Crippen LogP contribution is -2.30. The van der Waals surface area contributed by atoms with Gasteiger partial charge in [-0.1, -0.05) is 30.3 Å². The second-order valence-electron chi connectivity index (χ2n) is 5.33. The Balaban J connectivity index is 2.15. The van der Waals surface area contributed by atoms with Crippen LogP contribution in [0, 0.1) is 5.82 Å². The van der Waals surface area contributed by atoms with Crippen LogP contribution in [0.5, 0.6) is 0 Å². The van der Waals surface area contributed by atoms with Gasteiger partial charge in [-0.25, -0.2) is 4.39 Å². The van der Waals surface area contributed by atoms with Gasteiger partial charge in [0.2, 0.25) is 0 Å². The monoisotopic (exact) mass is 272 g/mol. The van der Waals surface area contributed by atoms with Crippen LogP contribution in [0.3, 0.4) is 0 Å². The SMILES string of the molecule is CC(C)N(Cc1ccccc1)Cc1cc(F)ccc1N. The summed E-state index contributed by atoms with van der Waals surface area (Å²) in [6.07, 6.45) is 0. The second-order valence-corrected chi connectivity index (χ2v) is 5.33. The molecule has 0 spiro atoms. The predicted molar refractivity (Wildman–Crippen MR) is 81.6 cm³/mol. The summed E-state index contributed by atoms with van der Waals surface area (Å²) in [6, 6.07) is 15.2. The van der Waals surface area contributed by atoms with Crippen molar-refractivity contribution >= 4 is 5.69 Å². The standard InChI is InChI=1S/C17H21FN2/c1-13(2)20(11-14-6-4-3-5-7-14)12-15-10-16(18)8-9-17(15)19/h3-10,13H,11-12,19H2,1-2H3. The van der Waals surface area contributed by atoms with Gasteiger partial charge < -0.3 is 5.73 Å². The summed E-state index contributed by atoms with van der Waals surface area (Å²) in [5, 5.41) is 0.